The zero-order chi connectivity index (χ0) is 15.4. The Bertz CT molecular complexity index is 492. The molecular weight excluding hydrogens is 290 g/mol. The summed E-state index contributed by atoms with van der Waals surface area (Å²) in [7, 11) is 3.76. The summed E-state index contributed by atoms with van der Waals surface area (Å²) in [5.41, 5.74) is 0. The molecular formula is C14H21N3O3S. The molecule has 0 spiro atoms. The highest BCUT2D eigenvalue weighted by Crippen LogP contribution is 2.20. The van der Waals surface area contributed by atoms with Gasteiger partial charge in [0.15, 0.2) is 6.04 Å². The van der Waals surface area contributed by atoms with Crippen LogP contribution in [0.3, 0.4) is 0 Å². The van der Waals surface area contributed by atoms with E-state index >= 15 is 0 Å². The van der Waals surface area contributed by atoms with E-state index in [1.54, 1.807) is 29.5 Å². The van der Waals surface area contributed by atoms with Gasteiger partial charge in [0.05, 0.1) is 0 Å². The highest BCUT2D eigenvalue weighted by molar-refractivity contribution is 7.10. The Morgan fingerprint density at radius 2 is 2.33 bits per heavy atom. The first-order valence-corrected chi connectivity index (χ1v) is 7.85. The second-order valence-electron chi connectivity index (χ2n) is 5.41. The maximum Gasteiger partial charge on any atom is 0.331 e. The first kappa shape index (κ1) is 15.8. The van der Waals surface area contributed by atoms with Crippen LogP contribution in [-0.4, -0.2) is 60.1 Å². The number of rotatable bonds is 4. The van der Waals surface area contributed by atoms with E-state index < -0.39 is 12.0 Å². The molecule has 0 saturated carbocycles. The minimum absolute atomic E-state index is 0.126. The van der Waals surface area contributed by atoms with Crippen molar-refractivity contribution in [3.63, 3.8) is 0 Å². The maximum absolute atomic E-state index is 12.3. The van der Waals surface area contributed by atoms with Crippen LogP contribution in [0.5, 0.6) is 0 Å². The van der Waals surface area contributed by atoms with E-state index in [9.17, 15) is 14.7 Å². The Kier molecular flexibility index (Phi) is 5.19. The van der Waals surface area contributed by atoms with Gasteiger partial charge in [-0.25, -0.2) is 9.59 Å². The summed E-state index contributed by atoms with van der Waals surface area (Å²) in [5.74, 6) is -1.04. The average molecular weight is 311 g/mol. The summed E-state index contributed by atoms with van der Waals surface area (Å²) in [6.45, 7) is 1.86. The number of amides is 2. The van der Waals surface area contributed by atoms with Crippen molar-refractivity contribution in [1.29, 1.82) is 0 Å². The second-order valence-corrected chi connectivity index (χ2v) is 6.38. The van der Waals surface area contributed by atoms with Crippen molar-refractivity contribution in [2.75, 3.05) is 27.2 Å². The summed E-state index contributed by atoms with van der Waals surface area (Å²) in [5, 5.41) is 13.7. The maximum atomic E-state index is 12.3. The Morgan fingerprint density at radius 1 is 1.57 bits per heavy atom. The standard InChI is InChI=1S/C14H21N3O3S/c1-16-7-3-5-10(9-16)17(2)14(20)15-12(13(18)19)11-6-4-8-21-11/h4,6,8,10,12H,3,5,7,9H2,1-2H3,(H,15,20)(H,18,19). The molecule has 1 aromatic heterocycles. The van der Waals surface area contributed by atoms with Gasteiger partial charge in [0, 0.05) is 24.5 Å². The molecule has 2 amide bonds. The van der Waals surface area contributed by atoms with Crippen molar-refractivity contribution in [2.45, 2.75) is 24.9 Å². The van der Waals surface area contributed by atoms with Crippen molar-refractivity contribution >= 4 is 23.3 Å². The third-order valence-corrected chi connectivity index (χ3v) is 4.75. The highest BCUT2D eigenvalue weighted by Gasteiger charge is 2.28. The van der Waals surface area contributed by atoms with E-state index in [4.69, 9.17) is 0 Å². The number of carboxylic acid groups (broad SMARTS) is 1. The third-order valence-electron chi connectivity index (χ3n) is 3.81. The lowest BCUT2D eigenvalue weighted by Crippen LogP contribution is -2.51. The molecule has 7 heteroatoms. The second kappa shape index (κ2) is 6.91. The summed E-state index contributed by atoms with van der Waals surface area (Å²) >= 11 is 1.33. The third kappa shape index (κ3) is 3.95. The Morgan fingerprint density at radius 3 is 2.90 bits per heavy atom. The molecule has 1 aliphatic heterocycles. The van der Waals surface area contributed by atoms with Gasteiger partial charge in [-0.1, -0.05) is 6.07 Å². The summed E-state index contributed by atoms with van der Waals surface area (Å²) < 4.78 is 0. The summed E-state index contributed by atoms with van der Waals surface area (Å²) in [4.78, 5) is 28.1. The van der Waals surface area contributed by atoms with Crippen molar-refractivity contribution in [3.8, 4) is 0 Å². The lowest BCUT2D eigenvalue weighted by Gasteiger charge is -2.36. The average Bonchev–Trinajstić information content (AvgIpc) is 2.97. The number of nitrogens with zero attached hydrogens (tertiary/aromatic N) is 2. The van der Waals surface area contributed by atoms with Crippen molar-refractivity contribution in [1.82, 2.24) is 15.1 Å². The van der Waals surface area contributed by atoms with Gasteiger partial charge < -0.3 is 20.2 Å². The van der Waals surface area contributed by atoms with E-state index in [1.165, 1.54) is 11.3 Å². The van der Waals surface area contributed by atoms with Crippen LogP contribution in [0.15, 0.2) is 17.5 Å². The van der Waals surface area contributed by atoms with E-state index in [-0.39, 0.29) is 12.1 Å². The zero-order valence-electron chi connectivity index (χ0n) is 12.3. The van der Waals surface area contributed by atoms with Gasteiger partial charge in [-0.2, -0.15) is 0 Å². The minimum Gasteiger partial charge on any atom is -0.479 e. The number of piperidine rings is 1. The number of aliphatic carboxylic acids is 1. The van der Waals surface area contributed by atoms with Crippen molar-refractivity contribution in [2.24, 2.45) is 0 Å². The monoisotopic (exact) mass is 311 g/mol. The van der Waals surface area contributed by atoms with E-state index in [0.29, 0.717) is 4.88 Å². The van der Waals surface area contributed by atoms with Crippen LogP contribution in [0.25, 0.3) is 0 Å². The first-order chi connectivity index (χ1) is 9.99. The zero-order valence-corrected chi connectivity index (χ0v) is 13.1. The molecule has 0 aliphatic carbocycles. The number of carbonyl (C=O) groups is 2. The molecule has 1 saturated heterocycles. The number of likely N-dealkylation sites (tertiary alicyclic amines) is 1. The van der Waals surface area contributed by atoms with Gasteiger partial charge >= 0.3 is 12.0 Å². The van der Waals surface area contributed by atoms with Gasteiger partial charge in [0.25, 0.3) is 0 Å². The molecule has 1 aromatic rings. The van der Waals surface area contributed by atoms with Crippen LogP contribution in [0.1, 0.15) is 23.8 Å². The molecule has 2 atom stereocenters. The summed E-state index contributed by atoms with van der Waals surface area (Å²) in [6.07, 6.45) is 2.00. The molecule has 0 bridgehead atoms. The van der Waals surface area contributed by atoms with Crippen LogP contribution in [0.2, 0.25) is 0 Å². The molecule has 1 aliphatic rings. The van der Waals surface area contributed by atoms with E-state index in [1.807, 2.05) is 7.05 Å². The van der Waals surface area contributed by atoms with E-state index in [2.05, 4.69) is 10.2 Å². The van der Waals surface area contributed by atoms with Gasteiger partial charge in [-0.05, 0) is 37.9 Å². The predicted octanol–water partition coefficient (Wildman–Crippen LogP) is 1.61. The van der Waals surface area contributed by atoms with Crippen LogP contribution >= 0.6 is 11.3 Å². The Hall–Kier alpha value is -1.60. The van der Waals surface area contributed by atoms with E-state index in [0.717, 1.165) is 25.9 Å². The van der Waals surface area contributed by atoms with Crippen LogP contribution in [0, 0.1) is 0 Å². The van der Waals surface area contributed by atoms with Crippen molar-refractivity contribution in [3.05, 3.63) is 22.4 Å². The fraction of sp³-hybridized carbons (Fsp3) is 0.571. The van der Waals surface area contributed by atoms with Gasteiger partial charge in [-0.3, -0.25) is 0 Å². The van der Waals surface area contributed by atoms with Crippen LogP contribution in [-0.2, 0) is 4.79 Å². The van der Waals surface area contributed by atoms with Crippen LogP contribution in [0.4, 0.5) is 4.79 Å². The largest absolute Gasteiger partial charge is 0.479 e. The van der Waals surface area contributed by atoms with Gasteiger partial charge in [-0.15, -0.1) is 11.3 Å². The molecule has 116 valence electrons. The fourth-order valence-corrected chi connectivity index (χ4v) is 3.32. The highest BCUT2D eigenvalue weighted by atomic mass is 32.1. The molecule has 2 N–H and O–H groups in total. The summed E-state index contributed by atoms with van der Waals surface area (Å²) in [6, 6.07) is 2.30. The lowest BCUT2D eigenvalue weighted by molar-refractivity contribution is -0.139. The fourth-order valence-electron chi connectivity index (χ4n) is 2.56. The predicted molar refractivity (Wildman–Crippen MR) is 81.5 cm³/mol. The normalized spacial score (nSPS) is 20.8. The number of thiophene rings is 1. The number of hydrogen-bond acceptors (Lipinski definition) is 4. The number of likely N-dealkylation sites (N-methyl/N-ethyl adjacent to an activating group) is 2. The van der Waals surface area contributed by atoms with Crippen LogP contribution < -0.4 is 5.32 Å². The molecule has 0 aromatic carbocycles. The SMILES string of the molecule is CN1CCCC(N(C)C(=O)NC(C(=O)O)c2cccs2)C1. The van der Waals surface area contributed by atoms with Crippen molar-refractivity contribution < 1.29 is 14.7 Å². The first-order valence-electron chi connectivity index (χ1n) is 6.97. The van der Waals surface area contributed by atoms with Gasteiger partial charge in [0.1, 0.15) is 0 Å². The minimum atomic E-state index is -1.04. The number of carbonyl (C=O) groups excluding carboxylic acids is 1. The smallest absolute Gasteiger partial charge is 0.331 e. The molecule has 2 unspecified atom stereocenters. The molecule has 21 heavy (non-hydrogen) atoms. The number of nitrogens with one attached hydrogen (secondary N) is 1. The number of hydrogen-bond donors (Lipinski definition) is 2. The lowest BCUT2D eigenvalue weighted by atomic mass is 10.1. The molecule has 6 nitrogen and oxygen atoms in total. The quantitative estimate of drug-likeness (QED) is 0.886. The topological polar surface area (TPSA) is 72.9 Å². The van der Waals surface area contributed by atoms with Gasteiger partial charge in [0.2, 0.25) is 0 Å². The molecule has 2 rings (SSSR count). The Labute approximate surface area is 128 Å². The number of urea groups is 1. The molecule has 1 fully saturated rings. The Balaban J connectivity index is 2.00. The molecule has 0 radical (unpaired) electrons. The molecule has 2 heterocycles. The number of carboxylic acids is 1.